The second-order valence-corrected chi connectivity index (χ2v) is 9.45. The van der Waals surface area contributed by atoms with E-state index in [4.69, 9.17) is 18.3 Å². The molecule has 4 nitrogen and oxygen atoms in total. The lowest BCUT2D eigenvalue weighted by molar-refractivity contribution is 0.0405. The van der Waals surface area contributed by atoms with Gasteiger partial charge in [0.25, 0.3) is 0 Å². The summed E-state index contributed by atoms with van der Waals surface area (Å²) < 4.78 is 24.0. The molecule has 2 aromatic rings. The molecule has 2 aromatic carbocycles. The molecule has 1 atom stereocenters. The molecule has 0 radical (unpaired) electrons. The van der Waals surface area contributed by atoms with Crippen molar-refractivity contribution in [3.63, 3.8) is 0 Å². The highest BCUT2D eigenvalue weighted by atomic mass is 31.2. The SMILES string of the molecule is CCCCCCCCOC(CC)CCCCCOP(Oc1ccccc1)Oc1ccccc1. The van der Waals surface area contributed by atoms with Gasteiger partial charge < -0.3 is 13.8 Å². The minimum absolute atomic E-state index is 0.390. The Hall–Kier alpha value is -1.61. The molecule has 0 saturated heterocycles. The molecule has 0 spiro atoms. The molecule has 0 amide bonds. The number of rotatable bonds is 20. The van der Waals surface area contributed by atoms with Crippen LogP contribution in [0.2, 0.25) is 0 Å². The molecule has 184 valence electrons. The van der Waals surface area contributed by atoms with Gasteiger partial charge in [-0.25, -0.2) is 0 Å². The summed E-state index contributed by atoms with van der Waals surface area (Å²) in [5.74, 6) is 1.51. The normalized spacial score (nSPS) is 12.1. The van der Waals surface area contributed by atoms with Crippen LogP contribution in [0.5, 0.6) is 11.5 Å². The van der Waals surface area contributed by atoms with Crippen molar-refractivity contribution >= 4 is 8.60 Å². The van der Waals surface area contributed by atoms with Crippen molar-refractivity contribution in [2.24, 2.45) is 0 Å². The third kappa shape index (κ3) is 13.6. The first-order chi connectivity index (χ1) is 16.3. The lowest BCUT2D eigenvalue weighted by Gasteiger charge is -2.18. The Kier molecular flexibility index (Phi) is 15.7. The molecule has 5 heteroatoms. The van der Waals surface area contributed by atoms with E-state index in [1.165, 1.54) is 38.5 Å². The summed E-state index contributed by atoms with van der Waals surface area (Å²) in [6.45, 7) is 6.02. The van der Waals surface area contributed by atoms with Crippen molar-refractivity contribution in [1.29, 1.82) is 0 Å². The third-order valence-corrected chi connectivity index (χ3v) is 6.63. The first-order valence-corrected chi connectivity index (χ1v) is 13.9. The number of unbranched alkanes of at least 4 members (excludes halogenated alkanes) is 7. The molecular weight excluding hydrogens is 431 g/mol. The summed E-state index contributed by atoms with van der Waals surface area (Å²) in [4.78, 5) is 0. The fourth-order valence-corrected chi connectivity index (χ4v) is 4.54. The molecule has 0 N–H and O–H groups in total. The van der Waals surface area contributed by atoms with Crippen LogP contribution in [0.25, 0.3) is 0 Å². The maximum absolute atomic E-state index is 6.11. The first kappa shape index (κ1) is 27.6. The van der Waals surface area contributed by atoms with Crippen LogP contribution < -0.4 is 9.05 Å². The lowest BCUT2D eigenvalue weighted by Crippen LogP contribution is -2.12. The Morgan fingerprint density at radius 3 is 1.79 bits per heavy atom. The molecule has 0 saturated carbocycles. The van der Waals surface area contributed by atoms with E-state index < -0.39 is 8.60 Å². The van der Waals surface area contributed by atoms with E-state index in [1.54, 1.807) is 0 Å². The molecule has 33 heavy (non-hydrogen) atoms. The van der Waals surface area contributed by atoms with Crippen molar-refractivity contribution in [1.82, 2.24) is 0 Å². The zero-order valence-electron chi connectivity index (χ0n) is 20.6. The zero-order chi connectivity index (χ0) is 23.4. The Morgan fingerprint density at radius 2 is 1.18 bits per heavy atom. The van der Waals surface area contributed by atoms with Gasteiger partial charge in [0.2, 0.25) is 0 Å². The van der Waals surface area contributed by atoms with Crippen LogP contribution in [0.1, 0.15) is 84.5 Å². The second kappa shape index (κ2) is 18.8. The van der Waals surface area contributed by atoms with Crippen LogP contribution in [-0.4, -0.2) is 19.3 Å². The molecule has 0 fully saturated rings. The monoisotopic (exact) mass is 474 g/mol. The molecule has 1 unspecified atom stereocenters. The number of hydrogen-bond acceptors (Lipinski definition) is 4. The van der Waals surface area contributed by atoms with Crippen molar-refractivity contribution in [2.75, 3.05) is 13.2 Å². The van der Waals surface area contributed by atoms with Gasteiger partial charge in [0.15, 0.2) is 0 Å². The Balaban J connectivity index is 1.60. The van der Waals surface area contributed by atoms with Gasteiger partial charge in [0, 0.05) is 6.61 Å². The second-order valence-electron chi connectivity index (χ2n) is 8.38. The van der Waals surface area contributed by atoms with Crippen LogP contribution in [0.15, 0.2) is 60.7 Å². The average molecular weight is 475 g/mol. The number of ether oxygens (including phenoxy) is 1. The topological polar surface area (TPSA) is 36.9 Å². The Bertz CT molecular complexity index is 641. The van der Waals surface area contributed by atoms with Gasteiger partial charge in [-0.15, -0.1) is 0 Å². The molecule has 0 bridgehead atoms. The molecule has 0 aliphatic rings. The average Bonchev–Trinajstić information content (AvgIpc) is 2.85. The van der Waals surface area contributed by atoms with Gasteiger partial charge in [0.1, 0.15) is 11.5 Å². The number of hydrogen-bond donors (Lipinski definition) is 0. The van der Waals surface area contributed by atoms with Gasteiger partial charge in [0.05, 0.1) is 12.7 Å². The molecule has 0 aliphatic heterocycles. The highest BCUT2D eigenvalue weighted by Gasteiger charge is 2.17. The van der Waals surface area contributed by atoms with Gasteiger partial charge in [-0.3, -0.25) is 4.52 Å². The fraction of sp³-hybridized carbons (Fsp3) is 0.571. The van der Waals surface area contributed by atoms with E-state index in [0.29, 0.717) is 12.7 Å². The van der Waals surface area contributed by atoms with Crippen molar-refractivity contribution in [3.05, 3.63) is 60.7 Å². The predicted octanol–water partition coefficient (Wildman–Crippen LogP) is 9.10. The van der Waals surface area contributed by atoms with E-state index in [0.717, 1.165) is 50.2 Å². The lowest BCUT2D eigenvalue weighted by atomic mass is 10.1. The van der Waals surface area contributed by atoms with E-state index in [9.17, 15) is 0 Å². The van der Waals surface area contributed by atoms with Crippen molar-refractivity contribution < 1.29 is 18.3 Å². The minimum atomic E-state index is -1.49. The highest BCUT2D eigenvalue weighted by Crippen LogP contribution is 2.41. The highest BCUT2D eigenvalue weighted by molar-refractivity contribution is 7.42. The molecule has 2 rings (SSSR count). The van der Waals surface area contributed by atoms with Gasteiger partial charge >= 0.3 is 8.60 Å². The van der Waals surface area contributed by atoms with Crippen molar-refractivity contribution in [2.45, 2.75) is 90.6 Å². The first-order valence-electron chi connectivity index (χ1n) is 12.8. The smallest absolute Gasteiger partial charge is 0.418 e. The summed E-state index contributed by atoms with van der Waals surface area (Å²) in [6, 6.07) is 19.4. The Labute approximate surface area is 203 Å². The standard InChI is InChI=1S/C28H43O4P/c1-3-5-6-7-8-17-24-29-26(4-2)19-16-11-18-25-30-33(31-27-20-12-9-13-21-27)32-28-22-14-10-15-23-28/h9-10,12-15,20-23,26H,3-8,11,16-19,24-25H2,1-2H3. The van der Waals surface area contributed by atoms with Gasteiger partial charge in [-0.1, -0.05) is 95.2 Å². The summed E-state index contributed by atoms with van der Waals surface area (Å²) in [7, 11) is -1.49. The van der Waals surface area contributed by atoms with Crippen LogP contribution in [0, 0.1) is 0 Å². The van der Waals surface area contributed by atoms with Crippen LogP contribution >= 0.6 is 8.60 Å². The molecular formula is C28H43O4P. The van der Waals surface area contributed by atoms with Crippen LogP contribution in [0.4, 0.5) is 0 Å². The van der Waals surface area contributed by atoms with E-state index >= 15 is 0 Å². The summed E-state index contributed by atoms with van der Waals surface area (Å²) in [6.07, 6.45) is 13.8. The molecule has 0 aliphatic carbocycles. The summed E-state index contributed by atoms with van der Waals surface area (Å²) in [5, 5.41) is 0. The fourth-order valence-electron chi connectivity index (χ4n) is 3.53. The van der Waals surface area contributed by atoms with Gasteiger partial charge in [-0.05, 0) is 49.9 Å². The summed E-state index contributed by atoms with van der Waals surface area (Å²) >= 11 is 0. The molecule has 0 aromatic heterocycles. The summed E-state index contributed by atoms with van der Waals surface area (Å²) in [5.41, 5.74) is 0. The van der Waals surface area contributed by atoms with Gasteiger partial charge in [-0.2, -0.15) is 0 Å². The largest absolute Gasteiger partial charge is 0.463 e. The van der Waals surface area contributed by atoms with Crippen molar-refractivity contribution in [3.8, 4) is 11.5 Å². The predicted molar refractivity (Wildman–Crippen MR) is 139 cm³/mol. The quantitative estimate of drug-likeness (QED) is 0.142. The van der Waals surface area contributed by atoms with E-state index in [1.807, 2.05) is 60.7 Å². The zero-order valence-corrected chi connectivity index (χ0v) is 21.5. The third-order valence-electron chi connectivity index (χ3n) is 5.52. The maximum atomic E-state index is 6.11. The van der Waals surface area contributed by atoms with E-state index in [2.05, 4.69) is 13.8 Å². The Morgan fingerprint density at radius 1 is 0.636 bits per heavy atom. The minimum Gasteiger partial charge on any atom is -0.418 e. The van der Waals surface area contributed by atoms with E-state index in [-0.39, 0.29) is 0 Å². The molecule has 0 heterocycles. The maximum Gasteiger partial charge on any atom is 0.463 e. The number of para-hydroxylation sites is 2. The number of benzene rings is 2. The van der Waals surface area contributed by atoms with Crippen LogP contribution in [-0.2, 0) is 9.26 Å². The van der Waals surface area contributed by atoms with Crippen LogP contribution in [0.3, 0.4) is 0 Å².